The van der Waals surface area contributed by atoms with E-state index in [1.54, 1.807) is 24.3 Å². The molecule has 18 heavy (non-hydrogen) atoms. The molecule has 0 saturated heterocycles. The first-order chi connectivity index (χ1) is 8.62. The average Bonchev–Trinajstić information content (AvgIpc) is 2.40. The molecule has 1 aromatic carbocycles. The molecule has 92 valence electrons. The molecule has 5 nitrogen and oxygen atoms in total. The molecule has 0 saturated carbocycles. The fourth-order valence-electron chi connectivity index (χ4n) is 1.58. The van der Waals surface area contributed by atoms with Gasteiger partial charge in [0.25, 0.3) is 0 Å². The molecule has 1 unspecified atom stereocenters. The van der Waals surface area contributed by atoms with E-state index in [4.69, 9.17) is 15.6 Å². The minimum atomic E-state index is -1.05. The molecular formula is C13H12N2O3. The van der Waals surface area contributed by atoms with Crippen LogP contribution < -0.4 is 0 Å². The van der Waals surface area contributed by atoms with Crippen molar-refractivity contribution in [2.75, 3.05) is 7.11 Å². The third kappa shape index (κ3) is 3.23. The topological polar surface area (TPSA) is 94.1 Å². The number of hydrogen-bond donors (Lipinski definition) is 1. The van der Waals surface area contributed by atoms with Crippen LogP contribution in [0.15, 0.2) is 24.3 Å². The van der Waals surface area contributed by atoms with Crippen molar-refractivity contribution in [1.82, 2.24) is 0 Å². The van der Waals surface area contributed by atoms with Gasteiger partial charge in [0.2, 0.25) is 0 Å². The predicted octanol–water partition coefficient (Wildman–Crippen LogP) is 1.39. The molecule has 0 aliphatic rings. The maximum Gasteiger partial charge on any atom is 0.311 e. The summed E-state index contributed by atoms with van der Waals surface area (Å²) in [7, 11) is 1.22. The van der Waals surface area contributed by atoms with Crippen LogP contribution >= 0.6 is 0 Å². The largest absolute Gasteiger partial charge is 0.508 e. The highest BCUT2D eigenvalue weighted by Gasteiger charge is 2.29. The number of benzene rings is 1. The highest BCUT2D eigenvalue weighted by molar-refractivity contribution is 5.74. The molecule has 0 aliphatic heterocycles. The summed E-state index contributed by atoms with van der Waals surface area (Å²) in [6.45, 7) is 0. The maximum atomic E-state index is 11.6. The Kier molecular flexibility index (Phi) is 4.71. The van der Waals surface area contributed by atoms with Crippen molar-refractivity contribution in [3.8, 4) is 17.9 Å². The van der Waals surface area contributed by atoms with Crippen LogP contribution in [0, 0.1) is 34.5 Å². The Bertz CT molecular complexity index is 482. The van der Waals surface area contributed by atoms with Crippen LogP contribution in [-0.4, -0.2) is 18.2 Å². The number of esters is 1. The van der Waals surface area contributed by atoms with Crippen molar-refractivity contribution < 1.29 is 14.6 Å². The summed E-state index contributed by atoms with van der Waals surface area (Å²) in [5, 5.41) is 26.8. The highest BCUT2D eigenvalue weighted by atomic mass is 16.5. The van der Waals surface area contributed by atoms with Gasteiger partial charge < -0.3 is 9.84 Å². The van der Waals surface area contributed by atoms with Crippen LogP contribution in [0.4, 0.5) is 0 Å². The summed E-state index contributed by atoms with van der Waals surface area (Å²) < 4.78 is 4.60. The summed E-state index contributed by atoms with van der Waals surface area (Å²) in [5.41, 5.74) is 0.749. The van der Waals surface area contributed by atoms with E-state index in [-0.39, 0.29) is 12.2 Å². The van der Waals surface area contributed by atoms with E-state index >= 15 is 0 Å². The van der Waals surface area contributed by atoms with Gasteiger partial charge in [-0.3, -0.25) is 4.79 Å². The molecule has 1 rings (SSSR count). The van der Waals surface area contributed by atoms with Gasteiger partial charge in [0.05, 0.1) is 25.2 Å². The predicted molar refractivity (Wildman–Crippen MR) is 62.0 cm³/mol. The molecule has 0 bridgehead atoms. The van der Waals surface area contributed by atoms with Gasteiger partial charge in [0.1, 0.15) is 11.7 Å². The second-order valence-corrected chi connectivity index (χ2v) is 3.74. The van der Waals surface area contributed by atoms with Gasteiger partial charge in [0.15, 0.2) is 0 Å². The van der Waals surface area contributed by atoms with Crippen molar-refractivity contribution in [1.29, 1.82) is 10.5 Å². The Balaban J connectivity index is 2.92. The zero-order valence-electron chi connectivity index (χ0n) is 9.83. The normalized spacial score (nSPS) is 11.3. The molecule has 0 fully saturated rings. The van der Waals surface area contributed by atoms with Crippen LogP contribution in [-0.2, 0) is 16.0 Å². The van der Waals surface area contributed by atoms with Crippen LogP contribution in [0.2, 0.25) is 0 Å². The van der Waals surface area contributed by atoms with E-state index < -0.39 is 17.8 Å². The second-order valence-electron chi connectivity index (χ2n) is 3.74. The first-order valence-corrected chi connectivity index (χ1v) is 5.27. The number of hydrogen-bond acceptors (Lipinski definition) is 5. The number of carbonyl (C=O) groups is 1. The Morgan fingerprint density at radius 1 is 1.33 bits per heavy atom. The first kappa shape index (κ1) is 13.5. The number of carbonyl (C=O) groups excluding carboxylic acids is 1. The quantitative estimate of drug-likeness (QED) is 0.807. The standard InChI is InChI=1S/C13H12N2O3/c1-18-13(17)12(10(7-14)8-15)6-9-2-4-11(16)5-3-9/h2-5,10,12,16H,6H2,1H3. The Labute approximate surface area is 105 Å². The number of aromatic hydroxyl groups is 1. The molecule has 0 amide bonds. The third-order valence-corrected chi connectivity index (χ3v) is 2.58. The van der Waals surface area contributed by atoms with Crippen molar-refractivity contribution in [3.05, 3.63) is 29.8 Å². The molecule has 0 spiro atoms. The Morgan fingerprint density at radius 3 is 2.33 bits per heavy atom. The number of phenols is 1. The number of nitrogens with zero attached hydrogens (tertiary/aromatic N) is 2. The Hall–Kier alpha value is -2.53. The summed E-state index contributed by atoms with van der Waals surface area (Å²) in [4.78, 5) is 11.6. The molecule has 0 heterocycles. The lowest BCUT2D eigenvalue weighted by atomic mass is 9.88. The van der Waals surface area contributed by atoms with Gasteiger partial charge in [-0.1, -0.05) is 12.1 Å². The van der Waals surface area contributed by atoms with E-state index in [1.165, 1.54) is 19.2 Å². The molecule has 1 N–H and O–H groups in total. The number of rotatable bonds is 4. The summed E-state index contributed by atoms with van der Waals surface area (Å²) in [5.74, 6) is -2.34. The van der Waals surface area contributed by atoms with Gasteiger partial charge in [-0.15, -0.1) is 0 Å². The van der Waals surface area contributed by atoms with Gasteiger partial charge in [-0.05, 0) is 24.1 Å². The van der Waals surface area contributed by atoms with Crippen molar-refractivity contribution in [2.45, 2.75) is 6.42 Å². The lowest BCUT2D eigenvalue weighted by Gasteiger charge is -2.14. The van der Waals surface area contributed by atoms with E-state index in [2.05, 4.69) is 4.74 Å². The van der Waals surface area contributed by atoms with E-state index in [0.29, 0.717) is 0 Å². The molecule has 0 radical (unpaired) electrons. The summed E-state index contributed by atoms with van der Waals surface area (Å²) in [6.07, 6.45) is 0.221. The lowest BCUT2D eigenvalue weighted by Crippen LogP contribution is -2.25. The van der Waals surface area contributed by atoms with Gasteiger partial charge >= 0.3 is 5.97 Å². The van der Waals surface area contributed by atoms with Crippen LogP contribution in [0.5, 0.6) is 5.75 Å². The van der Waals surface area contributed by atoms with Gasteiger partial charge in [-0.25, -0.2) is 0 Å². The van der Waals surface area contributed by atoms with Crippen LogP contribution in [0.25, 0.3) is 0 Å². The first-order valence-electron chi connectivity index (χ1n) is 5.27. The monoisotopic (exact) mass is 244 g/mol. The number of phenolic OH excluding ortho intramolecular Hbond substituents is 1. The zero-order valence-corrected chi connectivity index (χ0v) is 9.83. The minimum absolute atomic E-state index is 0.116. The molecule has 0 aromatic heterocycles. The molecule has 0 aliphatic carbocycles. The number of ether oxygens (including phenoxy) is 1. The summed E-state index contributed by atoms with van der Waals surface area (Å²) in [6, 6.07) is 9.81. The Morgan fingerprint density at radius 2 is 1.89 bits per heavy atom. The number of methoxy groups -OCH3 is 1. The van der Waals surface area contributed by atoms with E-state index in [0.717, 1.165) is 5.56 Å². The highest BCUT2D eigenvalue weighted by Crippen LogP contribution is 2.20. The van der Waals surface area contributed by atoms with Crippen LogP contribution in [0.1, 0.15) is 5.56 Å². The van der Waals surface area contributed by atoms with Gasteiger partial charge in [-0.2, -0.15) is 10.5 Å². The SMILES string of the molecule is COC(=O)C(Cc1ccc(O)cc1)C(C#N)C#N. The average molecular weight is 244 g/mol. The van der Waals surface area contributed by atoms with Crippen molar-refractivity contribution >= 4 is 5.97 Å². The van der Waals surface area contributed by atoms with E-state index in [9.17, 15) is 4.79 Å². The molecule has 1 aromatic rings. The van der Waals surface area contributed by atoms with Crippen LogP contribution in [0.3, 0.4) is 0 Å². The number of nitriles is 2. The van der Waals surface area contributed by atoms with Crippen molar-refractivity contribution in [2.24, 2.45) is 11.8 Å². The third-order valence-electron chi connectivity index (χ3n) is 2.58. The van der Waals surface area contributed by atoms with Gasteiger partial charge in [0, 0.05) is 0 Å². The summed E-state index contributed by atoms with van der Waals surface area (Å²) >= 11 is 0. The molecule has 1 atom stereocenters. The fourth-order valence-corrected chi connectivity index (χ4v) is 1.58. The molecule has 5 heteroatoms. The maximum absolute atomic E-state index is 11.6. The minimum Gasteiger partial charge on any atom is -0.508 e. The van der Waals surface area contributed by atoms with E-state index in [1.807, 2.05) is 0 Å². The smallest absolute Gasteiger partial charge is 0.311 e. The molecular weight excluding hydrogens is 232 g/mol. The second kappa shape index (κ2) is 6.27. The lowest BCUT2D eigenvalue weighted by molar-refractivity contribution is -0.146. The van der Waals surface area contributed by atoms with Crippen molar-refractivity contribution in [3.63, 3.8) is 0 Å². The zero-order chi connectivity index (χ0) is 13.5. The fraction of sp³-hybridized carbons (Fsp3) is 0.308.